The van der Waals surface area contributed by atoms with E-state index in [1.807, 2.05) is 0 Å². The molecule has 15 heavy (non-hydrogen) atoms. The van der Waals surface area contributed by atoms with E-state index in [2.05, 4.69) is 37.5 Å². The first-order valence-corrected chi connectivity index (χ1v) is 5.78. The van der Waals surface area contributed by atoms with Crippen molar-refractivity contribution in [2.45, 2.75) is 52.0 Å². The van der Waals surface area contributed by atoms with Crippen molar-refractivity contribution in [1.82, 2.24) is 9.78 Å². The third-order valence-electron chi connectivity index (χ3n) is 3.59. The van der Waals surface area contributed by atoms with Gasteiger partial charge in [0.2, 0.25) is 0 Å². The van der Waals surface area contributed by atoms with Crippen LogP contribution in [0.3, 0.4) is 0 Å². The highest BCUT2D eigenvalue weighted by Gasteiger charge is 2.46. The van der Waals surface area contributed by atoms with E-state index in [4.69, 9.17) is 5.73 Å². The molecule has 0 unspecified atom stereocenters. The predicted molar refractivity (Wildman–Crippen MR) is 62.1 cm³/mol. The summed E-state index contributed by atoms with van der Waals surface area (Å²) < 4.78 is 2.13. The molecule has 1 aliphatic carbocycles. The Labute approximate surface area is 91.7 Å². The van der Waals surface area contributed by atoms with Gasteiger partial charge in [-0.25, -0.2) is 0 Å². The van der Waals surface area contributed by atoms with Crippen LogP contribution in [0.2, 0.25) is 0 Å². The van der Waals surface area contributed by atoms with Crippen molar-refractivity contribution in [3.8, 4) is 0 Å². The molecule has 0 aliphatic heterocycles. The van der Waals surface area contributed by atoms with Gasteiger partial charge in [0.15, 0.2) is 0 Å². The van der Waals surface area contributed by atoms with Crippen molar-refractivity contribution in [2.75, 3.05) is 6.54 Å². The molecule has 1 heterocycles. The van der Waals surface area contributed by atoms with Crippen LogP contribution in [-0.2, 0) is 5.41 Å². The van der Waals surface area contributed by atoms with Gasteiger partial charge < -0.3 is 5.73 Å². The van der Waals surface area contributed by atoms with E-state index in [9.17, 15) is 0 Å². The molecule has 0 atom stereocenters. The number of aromatic nitrogens is 2. The van der Waals surface area contributed by atoms with Gasteiger partial charge >= 0.3 is 0 Å². The van der Waals surface area contributed by atoms with Gasteiger partial charge in [0.1, 0.15) is 0 Å². The van der Waals surface area contributed by atoms with Crippen molar-refractivity contribution in [2.24, 2.45) is 5.73 Å². The molecule has 2 rings (SSSR count). The number of aryl methyl sites for hydroxylation is 1. The minimum absolute atomic E-state index is 0.265. The zero-order chi connectivity index (χ0) is 11.2. The molecule has 3 heteroatoms. The topological polar surface area (TPSA) is 43.8 Å². The monoisotopic (exact) mass is 207 g/mol. The number of nitrogens with zero attached hydrogens (tertiary/aromatic N) is 2. The van der Waals surface area contributed by atoms with Crippen LogP contribution in [-0.4, -0.2) is 16.3 Å². The van der Waals surface area contributed by atoms with E-state index >= 15 is 0 Å². The summed E-state index contributed by atoms with van der Waals surface area (Å²) >= 11 is 0. The van der Waals surface area contributed by atoms with Crippen molar-refractivity contribution >= 4 is 0 Å². The summed E-state index contributed by atoms with van der Waals surface area (Å²) in [7, 11) is 0. The minimum atomic E-state index is 0.265. The highest BCUT2D eigenvalue weighted by molar-refractivity contribution is 5.38. The second kappa shape index (κ2) is 3.34. The summed E-state index contributed by atoms with van der Waals surface area (Å²) in [5.74, 6) is 0. The van der Waals surface area contributed by atoms with Gasteiger partial charge in [0.05, 0.1) is 5.69 Å². The highest BCUT2D eigenvalue weighted by Crippen LogP contribution is 2.49. The zero-order valence-corrected chi connectivity index (χ0v) is 10.2. The predicted octanol–water partition coefficient (Wildman–Crippen LogP) is 2.07. The van der Waals surface area contributed by atoms with Gasteiger partial charge in [0, 0.05) is 29.3 Å². The van der Waals surface area contributed by atoms with Crippen LogP contribution in [0.5, 0.6) is 0 Å². The average molecular weight is 207 g/mol. The highest BCUT2D eigenvalue weighted by atomic mass is 15.3. The fourth-order valence-corrected chi connectivity index (χ4v) is 2.64. The fraction of sp³-hybridized carbons (Fsp3) is 0.750. The molecule has 3 nitrogen and oxygen atoms in total. The molecular weight excluding hydrogens is 186 g/mol. The molecule has 84 valence electrons. The Kier molecular flexibility index (Phi) is 2.38. The van der Waals surface area contributed by atoms with E-state index < -0.39 is 0 Å². The normalized spacial score (nSPS) is 18.5. The molecule has 1 fully saturated rings. The Morgan fingerprint density at radius 2 is 2.00 bits per heavy atom. The maximum absolute atomic E-state index is 5.89. The molecule has 1 aromatic heterocycles. The number of hydrogen-bond donors (Lipinski definition) is 1. The van der Waals surface area contributed by atoms with Gasteiger partial charge in [0.25, 0.3) is 0 Å². The molecule has 0 saturated heterocycles. The van der Waals surface area contributed by atoms with E-state index in [-0.39, 0.29) is 5.41 Å². The summed E-state index contributed by atoms with van der Waals surface area (Å²) in [6.07, 6.45) is 2.46. The van der Waals surface area contributed by atoms with Crippen molar-refractivity contribution in [1.29, 1.82) is 0 Å². The van der Waals surface area contributed by atoms with Crippen LogP contribution >= 0.6 is 0 Å². The standard InChI is InChI=1S/C12H21N3/c1-8(2)15-10(4)11(9(3)14-15)12(7-13)5-6-12/h8H,5-7,13H2,1-4H3. The van der Waals surface area contributed by atoms with Crippen LogP contribution in [0.1, 0.15) is 49.7 Å². The van der Waals surface area contributed by atoms with Crippen LogP contribution in [0, 0.1) is 13.8 Å². The maximum Gasteiger partial charge on any atom is 0.0634 e. The van der Waals surface area contributed by atoms with Gasteiger partial charge in [-0.1, -0.05) is 0 Å². The van der Waals surface area contributed by atoms with E-state index in [1.165, 1.54) is 29.8 Å². The summed E-state index contributed by atoms with van der Waals surface area (Å²) in [6.45, 7) is 9.39. The lowest BCUT2D eigenvalue weighted by Crippen LogP contribution is -2.21. The molecule has 1 aliphatic rings. The molecule has 0 radical (unpaired) electrons. The first-order valence-electron chi connectivity index (χ1n) is 5.78. The molecule has 1 saturated carbocycles. The first kappa shape index (κ1) is 10.7. The van der Waals surface area contributed by atoms with Crippen molar-refractivity contribution in [3.05, 3.63) is 17.0 Å². The van der Waals surface area contributed by atoms with Crippen LogP contribution in [0.15, 0.2) is 0 Å². The van der Waals surface area contributed by atoms with Gasteiger partial charge in [-0.15, -0.1) is 0 Å². The summed E-state index contributed by atoms with van der Waals surface area (Å²) in [6, 6.07) is 0.436. The second-order valence-electron chi connectivity index (χ2n) is 5.07. The summed E-state index contributed by atoms with van der Waals surface area (Å²) in [5.41, 5.74) is 10.0. The third-order valence-corrected chi connectivity index (χ3v) is 3.59. The lowest BCUT2D eigenvalue weighted by Gasteiger charge is -2.14. The smallest absolute Gasteiger partial charge is 0.0634 e. The molecule has 0 bridgehead atoms. The quantitative estimate of drug-likeness (QED) is 0.824. The largest absolute Gasteiger partial charge is 0.330 e. The second-order valence-corrected chi connectivity index (χ2v) is 5.07. The fourth-order valence-electron chi connectivity index (χ4n) is 2.64. The molecule has 1 aromatic rings. The number of rotatable bonds is 3. The molecule has 0 amide bonds. The Morgan fingerprint density at radius 1 is 1.40 bits per heavy atom. The Balaban J connectivity index is 2.48. The summed E-state index contributed by atoms with van der Waals surface area (Å²) in [4.78, 5) is 0. The average Bonchev–Trinajstić information content (AvgIpc) is 2.89. The molecule has 0 aromatic carbocycles. The van der Waals surface area contributed by atoms with Crippen LogP contribution in [0.4, 0.5) is 0 Å². The Bertz CT molecular complexity index is 372. The maximum atomic E-state index is 5.89. The van der Waals surface area contributed by atoms with E-state index in [1.54, 1.807) is 0 Å². The Hall–Kier alpha value is -0.830. The van der Waals surface area contributed by atoms with E-state index in [0.29, 0.717) is 6.04 Å². The van der Waals surface area contributed by atoms with Gasteiger partial charge in [-0.3, -0.25) is 4.68 Å². The molecule has 2 N–H and O–H groups in total. The van der Waals surface area contributed by atoms with Gasteiger partial charge in [-0.2, -0.15) is 5.10 Å². The van der Waals surface area contributed by atoms with Gasteiger partial charge in [-0.05, 0) is 40.5 Å². The SMILES string of the molecule is Cc1nn(C(C)C)c(C)c1C1(CN)CC1. The number of hydrogen-bond acceptors (Lipinski definition) is 2. The molecular formula is C12H21N3. The van der Waals surface area contributed by atoms with Crippen molar-refractivity contribution < 1.29 is 0 Å². The lowest BCUT2D eigenvalue weighted by atomic mass is 9.94. The summed E-state index contributed by atoms with van der Waals surface area (Å²) in [5, 5.41) is 4.63. The Morgan fingerprint density at radius 3 is 2.33 bits per heavy atom. The first-order chi connectivity index (χ1) is 7.02. The third kappa shape index (κ3) is 1.49. The van der Waals surface area contributed by atoms with Crippen LogP contribution < -0.4 is 5.73 Å². The number of nitrogens with two attached hydrogens (primary N) is 1. The van der Waals surface area contributed by atoms with Crippen molar-refractivity contribution in [3.63, 3.8) is 0 Å². The lowest BCUT2D eigenvalue weighted by molar-refractivity contribution is 0.514. The van der Waals surface area contributed by atoms with Crippen LogP contribution in [0.25, 0.3) is 0 Å². The minimum Gasteiger partial charge on any atom is -0.330 e. The zero-order valence-electron chi connectivity index (χ0n) is 10.2. The molecule has 0 spiro atoms. The van der Waals surface area contributed by atoms with E-state index in [0.717, 1.165) is 6.54 Å².